The van der Waals surface area contributed by atoms with Gasteiger partial charge >= 0.3 is 0 Å². The fraction of sp³-hybridized carbons (Fsp3) is 0.0588. The van der Waals surface area contributed by atoms with E-state index < -0.39 is 17.6 Å². The van der Waals surface area contributed by atoms with Gasteiger partial charge in [-0.3, -0.25) is 19.0 Å². The molecule has 0 bridgehead atoms. The number of hydrogen-bond acceptors (Lipinski definition) is 4. The number of amides is 2. The molecule has 0 atom stereocenters. The van der Waals surface area contributed by atoms with Crippen LogP contribution in [0.4, 0.5) is 10.1 Å². The number of carbonyl (C=O) groups excluding carboxylic acids is 2. The van der Waals surface area contributed by atoms with Gasteiger partial charge in [0, 0.05) is 10.2 Å². The minimum atomic E-state index is -0.945. The first kappa shape index (κ1) is 17.7. The molecule has 0 spiro atoms. The first-order valence-corrected chi connectivity index (χ1v) is 8.18. The van der Waals surface area contributed by atoms with Gasteiger partial charge in [0.25, 0.3) is 11.5 Å². The normalized spacial score (nSPS) is 10.7. The van der Waals surface area contributed by atoms with Crippen molar-refractivity contribution in [3.05, 3.63) is 68.9 Å². The molecular weight excluding hydrogens is 407 g/mol. The molecule has 3 rings (SSSR count). The second kappa shape index (κ2) is 7.04. The third-order valence-electron chi connectivity index (χ3n) is 3.62. The van der Waals surface area contributed by atoms with Crippen LogP contribution in [0, 0.1) is 5.82 Å². The number of rotatable bonds is 4. The second-order valence-electron chi connectivity index (χ2n) is 5.45. The molecule has 3 N–H and O–H groups in total. The second-order valence-corrected chi connectivity index (χ2v) is 6.36. The Bertz CT molecular complexity index is 1100. The lowest BCUT2D eigenvalue weighted by molar-refractivity contribution is -0.116. The number of carbonyl (C=O) groups is 2. The van der Waals surface area contributed by atoms with Crippen LogP contribution in [0.1, 0.15) is 10.4 Å². The van der Waals surface area contributed by atoms with Crippen LogP contribution in [0.2, 0.25) is 0 Å². The van der Waals surface area contributed by atoms with Crippen molar-refractivity contribution in [3.63, 3.8) is 0 Å². The van der Waals surface area contributed by atoms with Gasteiger partial charge in [0.15, 0.2) is 0 Å². The number of nitrogens with one attached hydrogen (secondary N) is 1. The Balaban J connectivity index is 1.84. The molecule has 7 nitrogen and oxygen atoms in total. The van der Waals surface area contributed by atoms with E-state index in [-0.39, 0.29) is 23.4 Å². The molecule has 3 aromatic rings. The van der Waals surface area contributed by atoms with E-state index in [0.717, 1.165) is 21.2 Å². The van der Waals surface area contributed by atoms with Gasteiger partial charge in [-0.2, -0.15) is 0 Å². The predicted octanol–water partition coefficient (Wildman–Crippen LogP) is 2.04. The molecule has 0 aliphatic heterocycles. The number of hydrogen-bond donors (Lipinski definition) is 2. The van der Waals surface area contributed by atoms with Crippen LogP contribution in [0.5, 0.6) is 0 Å². The minimum Gasteiger partial charge on any atom is -0.366 e. The highest BCUT2D eigenvalue weighted by Gasteiger charge is 2.12. The first-order chi connectivity index (χ1) is 12.3. The van der Waals surface area contributed by atoms with E-state index in [1.807, 2.05) is 0 Å². The van der Waals surface area contributed by atoms with Crippen LogP contribution in [-0.2, 0) is 11.3 Å². The number of benzene rings is 2. The monoisotopic (exact) mass is 418 g/mol. The van der Waals surface area contributed by atoms with E-state index in [0.29, 0.717) is 10.9 Å². The van der Waals surface area contributed by atoms with Gasteiger partial charge in [0.2, 0.25) is 5.91 Å². The molecule has 0 aliphatic carbocycles. The maximum absolute atomic E-state index is 13.5. The van der Waals surface area contributed by atoms with E-state index in [2.05, 4.69) is 26.2 Å². The number of nitrogens with two attached hydrogens (primary N) is 1. The molecule has 9 heteroatoms. The summed E-state index contributed by atoms with van der Waals surface area (Å²) in [5, 5.41) is 2.86. The quantitative estimate of drug-likeness (QED) is 0.675. The molecule has 0 unspecified atom stereocenters. The number of primary amides is 1. The summed E-state index contributed by atoms with van der Waals surface area (Å²) >= 11 is 3.29. The molecule has 2 aromatic carbocycles. The molecule has 132 valence electrons. The molecule has 0 fully saturated rings. The van der Waals surface area contributed by atoms with Crippen molar-refractivity contribution in [2.24, 2.45) is 5.73 Å². The van der Waals surface area contributed by atoms with Crippen molar-refractivity contribution in [1.82, 2.24) is 9.55 Å². The molecule has 2 amide bonds. The summed E-state index contributed by atoms with van der Waals surface area (Å²) in [5.74, 6) is -2.26. The van der Waals surface area contributed by atoms with Gasteiger partial charge in [0.1, 0.15) is 12.4 Å². The van der Waals surface area contributed by atoms with Crippen LogP contribution in [0.3, 0.4) is 0 Å². The van der Waals surface area contributed by atoms with Crippen molar-refractivity contribution >= 4 is 44.3 Å². The Morgan fingerprint density at radius 1 is 1.23 bits per heavy atom. The summed E-state index contributed by atoms with van der Waals surface area (Å²) in [4.78, 5) is 40.0. The third-order valence-corrected chi connectivity index (χ3v) is 4.11. The molecule has 0 aliphatic rings. The maximum atomic E-state index is 13.5. The number of anilines is 1. The zero-order chi connectivity index (χ0) is 18.8. The third kappa shape index (κ3) is 3.62. The molecule has 0 radical (unpaired) electrons. The summed E-state index contributed by atoms with van der Waals surface area (Å²) in [6.07, 6.45) is 1.28. The van der Waals surface area contributed by atoms with Gasteiger partial charge in [-0.05, 0) is 36.4 Å². The van der Waals surface area contributed by atoms with Crippen LogP contribution >= 0.6 is 15.9 Å². The number of fused-ring (bicyclic) bond motifs is 1. The largest absolute Gasteiger partial charge is 0.366 e. The lowest BCUT2D eigenvalue weighted by atomic mass is 10.2. The van der Waals surface area contributed by atoms with Crippen LogP contribution < -0.4 is 16.6 Å². The Kier molecular flexibility index (Phi) is 4.81. The van der Waals surface area contributed by atoms with E-state index in [1.165, 1.54) is 12.4 Å². The van der Waals surface area contributed by atoms with Crippen LogP contribution in [0.15, 0.2) is 52.0 Å². The average Bonchev–Trinajstić information content (AvgIpc) is 2.59. The minimum absolute atomic E-state index is 0.190. The summed E-state index contributed by atoms with van der Waals surface area (Å²) in [7, 11) is 0. The van der Waals surface area contributed by atoms with Crippen molar-refractivity contribution in [3.8, 4) is 0 Å². The molecule has 1 heterocycles. The Morgan fingerprint density at radius 2 is 2.00 bits per heavy atom. The zero-order valence-corrected chi connectivity index (χ0v) is 14.8. The van der Waals surface area contributed by atoms with Gasteiger partial charge in [-0.25, -0.2) is 9.37 Å². The van der Waals surface area contributed by atoms with Crippen molar-refractivity contribution in [2.45, 2.75) is 6.54 Å². The SMILES string of the molecule is NC(=O)c1cc(NC(=O)Cn2cnc3ccc(Br)cc3c2=O)ccc1F. The highest BCUT2D eigenvalue weighted by Crippen LogP contribution is 2.16. The van der Waals surface area contributed by atoms with Crippen LogP contribution in [-0.4, -0.2) is 21.4 Å². The van der Waals surface area contributed by atoms with Gasteiger partial charge in [-0.15, -0.1) is 0 Å². The van der Waals surface area contributed by atoms with E-state index in [9.17, 15) is 18.8 Å². The molecule has 0 saturated heterocycles. The number of nitrogens with zero attached hydrogens (tertiary/aromatic N) is 2. The van der Waals surface area contributed by atoms with Crippen molar-refractivity contribution in [1.29, 1.82) is 0 Å². The standard InChI is InChI=1S/C17H12BrFN4O3/c18-9-1-4-14-12(5-9)17(26)23(8-21-14)7-15(24)22-10-2-3-13(19)11(6-10)16(20)25/h1-6,8H,7H2,(H2,20,25)(H,22,24). The predicted molar refractivity (Wildman–Crippen MR) is 97.3 cm³/mol. The highest BCUT2D eigenvalue weighted by molar-refractivity contribution is 9.10. The lowest BCUT2D eigenvalue weighted by Crippen LogP contribution is -2.28. The molecular formula is C17H12BrFN4O3. The fourth-order valence-corrected chi connectivity index (χ4v) is 2.75. The topological polar surface area (TPSA) is 107 Å². The van der Waals surface area contributed by atoms with Crippen LogP contribution in [0.25, 0.3) is 10.9 Å². The van der Waals surface area contributed by atoms with E-state index in [4.69, 9.17) is 5.73 Å². The highest BCUT2D eigenvalue weighted by atomic mass is 79.9. The number of aromatic nitrogens is 2. The van der Waals surface area contributed by atoms with E-state index >= 15 is 0 Å². The first-order valence-electron chi connectivity index (χ1n) is 7.39. The lowest BCUT2D eigenvalue weighted by Gasteiger charge is -2.09. The summed E-state index contributed by atoms with van der Waals surface area (Å²) < 4.78 is 15.3. The molecule has 26 heavy (non-hydrogen) atoms. The smallest absolute Gasteiger partial charge is 0.261 e. The Hall–Kier alpha value is -3.07. The fourth-order valence-electron chi connectivity index (χ4n) is 2.39. The van der Waals surface area contributed by atoms with Crippen molar-refractivity contribution < 1.29 is 14.0 Å². The zero-order valence-electron chi connectivity index (χ0n) is 13.2. The van der Waals surface area contributed by atoms with E-state index in [1.54, 1.807) is 18.2 Å². The average molecular weight is 419 g/mol. The van der Waals surface area contributed by atoms with Crippen molar-refractivity contribution in [2.75, 3.05) is 5.32 Å². The summed E-state index contributed by atoms with van der Waals surface area (Å²) in [6.45, 7) is -0.294. The maximum Gasteiger partial charge on any atom is 0.261 e. The van der Waals surface area contributed by atoms with Gasteiger partial charge in [0.05, 0.1) is 22.8 Å². The number of halogens is 2. The Labute approximate surface area is 154 Å². The van der Waals surface area contributed by atoms with Gasteiger partial charge < -0.3 is 11.1 Å². The molecule has 0 saturated carbocycles. The molecule has 1 aromatic heterocycles. The van der Waals surface area contributed by atoms with Gasteiger partial charge in [-0.1, -0.05) is 15.9 Å². The summed E-state index contributed by atoms with van der Waals surface area (Å²) in [5.41, 5.74) is 5.07. The Morgan fingerprint density at radius 3 is 2.73 bits per heavy atom. The summed E-state index contributed by atoms with van der Waals surface area (Å²) in [6, 6.07) is 8.52.